The molecule has 0 saturated carbocycles. The number of carbonyl (C=O) groups is 1. The maximum Gasteiger partial charge on any atom is 0.250 e. The lowest BCUT2D eigenvalue weighted by molar-refractivity contribution is 0.1000. The molecule has 0 unspecified atom stereocenters. The maximum atomic E-state index is 10.8. The Kier molecular flexibility index (Phi) is 2.78. The van der Waals surface area contributed by atoms with Gasteiger partial charge in [0.1, 0.15) is 0 Å². The molecule has 0 aliphatic carbocycles. The fraction of sp³-hybridized carbons (Fsp3) is 0.273. The van der Waals surface area contributed by atoms with Crippen LogP contribution in [-0.2, 0) is 4.74 Å². The molecule has 0 fully saturated rings. The zero-order valence-electron chi connectivity index (χ0n) is 8.27. The molecule has 1 aliphatic heterocycles. The van der Waals surface area contributed by atoms with Gasteiger partial charge in [0, 0.05) is 6.20 Å². The average molecular weight is 204 g/mol. The van der Waals surface area contributed by atoms with Crippen molar-refractivity contribution < 1.29 is 9.53 Å². The van der Waals surface area contributed by atoms with Crippen LogP contribution in [0.2, 0.25) is 0 Å². The molecule has 2 N–H and O–H groups in total. The van der Waals surface area contributed by atoms with Crippen LogP contribution in [0.4, 0.5) is 0 Å². The first-order valence-corrected chi connectivity index (χ1v) is 4.80. The first kappa shape index (κ1) is 9.86. The van der Waals surface area contributed by atoms with E-state index in [4.69, 9.17) is 10.5 Å². The molecule has 1 aliphatic rings. The zero-order valence-corrected chi connectivity index (χ0v) is 8.27. The molecule has 1 aromatic rings. The van der Waals surface area contributed by atoms with Gasteiger partial charge in [0.15, 0.2) is 0 Å². The summed E-state index contributed by atoms with van der Waals surface area (Å²) in [5.74, 6) is -0.449. The fourth-order valence-corrected chi connectivity index (χ4v) is 1.49. The van der Waals surface area contributed by atoms with Gasteiger partial charge in [-0.3, -0.25) is 9.78 Å². The highest BCUT2D eigenvalue weighted by atomic mass is 16.5. The van der Waals surface area contributed by atoms with E-state index in [1.165, 1.54) is 6.20 Å². The fourth-order valence-electron chi connectivity index (χ4n) is 1.49. The van der Waals surface area contributed by atoms with Crippen LogP contribution >= 0.6 is 0 Å². The van der Waals surface area contributed by atoms with Crippen molar-refractivity contribution in [1.29, 1.82) is 0 Å². The number of primary amides is 1. The van der Waals surface area contributed by atoms with E-state index in [2.05, 4.69) is 4.98 Å². The summed E-state index contributed by atoms with van der Waals surface area (Å²) in [7, 11) is 0. The monoisotopic (exact) mass is 204 g/mol. The molecule has 4 nitrogen and oxygen atoms in total. The van der Waals surface area contributed by atoms with Crippen LogP contribution < -0.4 is 5.73 Å². The third kappa shape index (κ3) is 2.22. The van der Waals surface area contributed by atoms with Crippen molar-refractivity contribution in [3.63, 3.8) is 0 Å². The Morgan fingerprint density at radius 1 is 1.47 bits per heavy atom. The van der Waals surface area contributed by atoms with Crippen LogP contribution in [0.25, 0.3) is 5.57 Å². The number of amides is 1. The molecule has 0 atom stereocenters. The predicted molar refractivity (Wildman–Crippen MR) is 56.2 cm³/mol. The van der Waals surface area contributed by atoms with E-state index < -0.39 is 5.91 Å². The summed E-state index contributed by atoms with van der Waals surface area (Å²) in [6.07, 6.45) is 4.38. The van der Waals surface area contributed by atoms with Crippen LogP contribution in [0.3, 0.4) is 0 Å². The normalized spacial score (nSPS) is 15.9. The number of hydrogen-bond donors (Lipinski definition) is 1. The van der Waals surface area contributed by atoms with E-state index in [1.54, 1.807) is 6.07 Å². The molecule has 1 amide bonds. The van der Waals surface area contributed by atoms with Gasteiger partial charge in [0.25, 0.3) is 0 Å². The minimum atomic E-state index is -0.449. The van der Waals surface area contributed by atoms with Gasteiger partial charge >= 0.3 is 0 Å². The van der Waals surface area contributed by atoms with E-state index in [9.17, 15) is 4.79 Å². The van der Waals surface area contributed by atoms with Crippen LogP contribution in [0.1, 0.15) is 22.5 Å². The highest BCUT2D eigenvalue weighted by Crippen LogP contribution is 2.18. The van der Waals surface area contributed by atoms with Crippen LogP contribution in [-0.4, -0.2) is 24.1 Å². The van der Waals surface area contributed by atoms with E-state index in [0.717, 1.165) is 24.3 Å². The quantitative estimate of drug-likeness (QED) is 0.781. The predicted octanol–water partition coefficient (Wildman–Crippen LogP) is 0.984. The molecular formula is C11H12N2O2. The van der Waals surface area contributed by atoms with E-state index in [1.807, 2.05) is 12.1 Å². The molecule has 2 rings (SSSR count). The molecule has 78 valence electrons. The molecular weight excluding hydrogens is 192 g/mol. The molecule has 2 heterocycles. The van der Waals surface area contributed by atoms with Gasteiger partial charge < -0.3 is 10.5 Å². The lowest BCUT2D eigenvalue weighted by Gasteiger charge is -2.12. The molecule has 4 heteroatoms. The minimum absolute atomic E-state index is 0.436. The second-order valence-electron chi connectivity index (χ2n) is 3.35. The second kappa shape index (κ2) is 4.23. The maximum absolute atomic E-state index is 10.8. The third-order valence-electron chi connectivity index (χ3n) is 2.34. The number of pyridine rings is 1. The van der Waals surface area contributed by atoms with E-state index in [-0.39, 0.29) is 0 Å². The van der Waals surface area contributed by atoms with Crippen LogP contribution in [0.5, 0.6) is 0 Å². The Morgan fingerprint density at radius 2 is 2.33 bits per heavy atom. The number of nitrogens with zero attached hydrogens (tertiary/aromatic N) is 1. The topological polar surface area (TPSA) is 65.2 Å². The van der Waals surface area contributed by atoms with Crippen LogP contribution in [0, 0.1) is 0 Å². The Balaban J connectivity index is 2.23. The second-order valence-corrected chi connectivity index (χ2v) is 3.35. The summed E-state index contributed by atoms with van der Waals surface area (Å²) in [5, 5.41) is 0. The Bertz CT molecular complexity index is 396. The summed E-state index contributed by atoms with van der Waals surface area (Å²) in [4.78, 5) is 15.0. The van der Waals surface area contributed by atoms with Crippen molar-refractivity contribution in [3.8, 4) is 0 Å². The van der Waals surface area contributed by atoms with E-state index in [0.29, 0.717) is 12.2 Å². The zero-order chi connectivity index (χ0) is 10.7. The summed E-state index contributed by atoms with van der Waals surface area (Å²) in [6.45, 7) is 1.36. The van der Waals surface area contributed by atoms with Gasteiger partial charge in [-0.1, -0.05) is 6.08 Å². The molecule has 1 aromatic heterocycles. The van der Waals surface area contributed by atoms with Crippen molar-refractivity contribution in [3.05, 3.63) is 35.7 Å². The highest BCUT2D eigenvalue weighted by Gasteiger charge is 2.08. The summed E-state index contributed by atoms with van der Waals surface area (Å²) < 4.78 is 5.20. The van der Waals surface area contributed by atoms with Crippen LogP contribution in [0.15, 0.2) is 24.4 Å². The summed E-state index contributed by atoms with van der Waals surface area (Å²) >= 11 is 0. The van der Waals surface area contributed by atoms with Crippen molar-refractivity contribution in [1.82, 2.24) is 4.98 Å². The molecule has 0 saturated heterocycles. The summed E-state index contributed by atoms with van der Waals surface area (Å²) in [5.41, 5.74) is 7.62. The number of rotatable bonds is 2. The lowest BCUT2D eigenvalue weighted by Crippen LogP contribution is -2.11. The smallest absolute Gasteiger partial charge is 0.250 e. The summed E-state index contributed by atoms with van der Waals surface area (Å²) in [6, 6.07) is 3.51. The van der Waals surface area contributed by atoms with Crippen molar-refractivity contribution in [2.24, 2.45) is 5.73 Å². The Hall–Kier alpha value is -1.68. The number of ether oxygens (including phenoxy) is 1. The minimum Gasteiger partial charge on any atom is -0.377 e. The van der Waals surface area contributed by atoms with Gasteiger partial charge in [-0.05, 0) is 24.1 Å². The van der Waals surface area contributed by atoms with Crippen molar-refractivity contribution in [2.45, 2.75) is 6.42 Å². The Labute approximate surface area is 87.8 Å². The first-order valence-electron chi connectivity index (χ1n) is 4.80. The third-order valence-corrected chi connectivity index (χ3v) is 2.34. The van der Waals surface area contributed by atoms with Gasteiger partial charge in [-0.15, -0.1) is 0 Å². The molecule has 0 aromatic carbocycles. The van der Waals surface area contributed by atoms with Gasteiger partial charge in [0.2, 0.25) is 5.91 Å². The largest absolute Gasteiger partial charge is 0.377 e. The Morgan fingerprint density at radius 3 is 2.87 bits per heavy atom. The van der Waals surface area contributed by atoms with Gasteiger partial charge in [-0.25, -0.2) is 0 Å². The van der Waals surface area contributed by atoms with Gasteiger partial charge in [0.05, 0.1) is 24.5 Å². The number of carbonyl (C=O) groups excluding carboxylic acids is 1. The number of nitrogens with two attached hydrogens (primary N) is 1. The van der Waals surface area contributed by atoms with Gasteiger partial charge in [-0.2, -0.15) is 0 Å². The first-order chi connectivity index (χ1) is 7.27. The number of aromatic nitrogens is 1. The lowest BCUT2D eigenvalue weighted by atomic mass is 10.1. The molecule has 15 heavy (non-hydrogen) atoms. The number of hydrogen-bond acceptors (Lipinski definition) is 3. The van der Waals surface area contributed by atoms with Crippen molar-refractivity contribution >= 4 is 11.5 Å². The van der Waals surface area contributed by atoms with E-state index >= 15 is 0 Å². The highest BCUT2D eigenvalue weighted by molar-refractivity contribution is 5.92. The van der Waals surface area contributed by atoms with Crippen molar-refractivity contribution in [2.75, 3.05) is 13.2 Å². The average Bonchev–Trinajstić information content (AvgIpc) is 2.30. The molecule has 0 bridgehead atoms. The molecule has 0 spiro atoms. The standard InChI is InChI=1S/C11H12N2O2/c12-11(14)9-1-2-10(13-7-9)8-3-5-15-6-4-8/h1-3,7H,4-6H2,(H2,12,14). The molecule has 0 radical (unpaired) electrons. The SMILES string of the molecule is NC(=O)c1ccc(C2=CCOCC2)nc1.